The van der Waals surface area contributed by atoms with Gasteiger partial charge in [-0.25, -0.2) is 0 Å². The normalized spacial score (nSPS) is 39.9. The van der Waals surface area contributed by atoms with Crippen LogP contribution in [0.5, 0.6) is 0 Å². The van der Waals surface area contributed by atoms with E-state index in [-0.39, 0.29) is 35.7 Å². The van der Waals surface area contributed by atoms with E-state index in [1.165, 1.54) is 0 Å². The summed E-state index contributed by atoms with van der Waals surface area (Å²) in [6.07, 6.45) is 3.04. The van der Waals surface area contributed by atoms with Crippen molar-refractivity contribution in [1.29, 1.82) is 0 Å². The molecular formula is C17H32O4. The predicted molar refractivity (Wildman–Crippen MR) is 82.1 cm³/mol. The van der Waals surface area contributed by atoms with Gasteiger partial charge in [-0.05, 0) is 53.9 Å². The molecule has 21 heavy (non-hydrogen) atoms. The van der Waals surface area contributed by atoms with Crippen LogP contribution in [0.15, 0.2) is 0 Å². The number of aliphatic hydroxyl groups is 1. The van der Waals surface area contributed by atoms with Crippen LogP contribution < -0.4 is 0 Å². The van der Waals surface area contributed by atoms with Crippen LogP contribution in [0, 0.1) is 11.3 Å². The molecule has 1 aliphatic heterocycles. The van der Waals surface area contributed by atoms with Crippen LogP contribution in [0.3, 0.4) is 0 Å². The zero-order valence-electron chi connectivity index (χ0n) is 14.4. The first-order chi connectivity index (χ1) is 9.57. The fourth-order valence-electron chi connectivity index (χ4n) is 3.85. The van der Waals surface area contributed by atoms with Gasteiger partial charge in [0.25, 0.3) is 0 Å². The molecule has 2 fully saturated rings. The molecule has 4 nitrogen and oxygen atoms in total. The fraction of sp³-hybridized carbons (Fsp3) is 1.00. The van der Waals surface area contributed by atoms with Gasteiger partial charge < -0.3 is 19.3 Å². The van der Waals surface area contributed by atoms with Crippen LogP contribution >= 0.6 is 0 Å². The van der Waals surface area contributed by atoms with Crippen molar-refractivity contribution in [1.82, 2.24) is 0 Å². The Labute approximate surface area is 129 Å². The molecule has 1 aliphatic carbocycles. The van der Waals surface area contributed by atoms with Crippen molar-refractivity contribution < 1.29 is 19.3 Å². The number of rotatable bonds is 3. The highest BCUT2D eigenvalue weighted by atomic mass is 16.7. The summed E-state index contributed by atoms with van der Waals surface area (Å²) in [5, 5.41) is 9.56. The lowest BCUT2D eigenvalue weighted by Gasteiger charge is -2.55. The molecule has 0 aromatic rings. The minimum absolute atomic E-state index is 0.110. The third-order valence-corrected chi connectivity index (χ3v) is 4.94. The second-order valence-electron chi connectivity index (χ2n) is 8.25. The molecular weight excluding hydrogens is 268 g/mol. The van der Waals surface area contributed by atoms with Gasteiger partial charge in [-0.2, -0.15) is 0 Å². The molecule has 0 aromatic carbocycles. The first kappa shape index (κ1) is 17.2. The van der Waals surface area contributed by atoms with E-state index in [4.69, 9.17) is 14.2 Å². The SMILES string of the molecule is CC(C)(C)O[C@H]1CC[C@@H]2OC(C)(C)OC[C@@H]2[C@]1(C)CCO. The van der Waals surface area contributed by atoms with Crippen molar-refractivity contribution >= 4 is 0 Å². The lowest BCUT2D eigenvalue weighted by atomic mass is 9.62. The topological polar surface area (TPSA) is 47.9 Å². The molecule has 4 atom stereocenters. The van der Waals surface area contributed by atoms with Gasteiger partial charge in [0.05, 0.1) is 24.4 Å². The maximum absolute atomic E-state index is 9.56. The van der Waals surface area contributed by atoms with Crippen molar-refractivity contribution in [2.75, 3.05) is 13.2 Å². The Morgan fingerprint density at radius 3 is 2.43 bits per heavy atom. The molecule has 4 heteroatoms. The van der Waals surface area contributed by atoms with E-state index in [1.807, 2.05) is 13.8 Å². The van der Waals surface area contributed by atoms with Gasteiger partial charge in [0.15, 0.2) is 5.79 Å². The van der Waals surface area contributed by atoms with Crippen molar-refractivity contribution in [2.45, 2.75) is 84.4 Å². The molecule has 2 aliphatic rings. The van der Waals surface area contributed by atoms with E-state index in [2.05, 4.69) is 27.7 Å². The van der Waals surface area contributed by atoms with Gasteiger partial charge in [-0.3, -0.25) is 0 Å². The largest absolute Gasteiger partial charge is 0.396 e. The van der Waals surface area contributed by atoms with Gasteiger partial charge in [-0.15, -0.1) is 0 Å². The van der Waals surface area contributed by atoms with Crippen molar-refractivity contribution in [3.63, 3.8) is 0 Å². The number of hydrogen-bond acceptors (Lipinski definition) is 4. The third kappa shape index (κ3) is 3.79. The lowest BCUT2D eigenvalue weighted by molar-refractivity contribution is -0.328. The lowest BCUT2D eigenvalue weighted by Crippen LogP contribution is -2.59. The van der Waals surface area contributed by atoms with Crippen LogP contribution in [0.1, 0.15) is 60.8 Å². The van der Waals surface area contributed by atoms with Crippen molar-refractivity contribution in [2.24, 2.45) is 11.3 Å². The highest BCUT2D eigenvalue weighted by Crippen LogP contribution is 2.50. The Bertz CT molecular complexity index is 360. The fourth-order valence-corrected chi connectivity index (χ4v) is 3.85. The molecule has 1 heterocycles. The first-order valence-electron chi connectivity index (χ1n) is 8.18. The van der Waals surface area contributed by atoms with E-state index in [0.717, 1.165) is 19.3 Å². The van der Waals surface area contributed by atoms with E-state index in [1.54, 1.807) is 0 Å². The summed E-state index contributed by atoms with van der Waals surface area (Å²) in [5.74, 6) is -0.224. The molecule has 1 saturated heterocycles. The van der Waals surface area contributed by atoms with Gasteiger partial charge in [0.1, 0.15) is 0 Å². The Balaban J connectivity index is 2.21. The molecule has 0 unspecified atom stereocenters. The van der Waals surface area contributed by atoms with Gasteiger partial charge in [0, 0.05) is 17.9 Å². The summed E-state index contributed by atoms with van der Waals surface area (Å²) in [6.45, 7) is 13.3. The van der Waals surface area contributed by atoms with Gasteiger partial charge >= 0.3 is 0 Å². The molecule has 0 amide bonds. The van der Waals surface area contributed by atoms with Crippen LogP contribution in [-0.4, -0.2) is 41.9 Å². The Hall–Kier alpha value is -0.160. The van der Waals surface area contributed by atoms with Gasteiger partial charge in [-0.1, -0.05) is 6.92 Å². The van der Waals surface area contributed by atoms with Crippen LogP contribution in [0.4, 0.5) is 0 Å². The Morgan fingerprint density at radius 1 is 1.19 bits per heavy atom. The van der Waals surface area contributed by atoms with Crippen molar-refractivity contribution in [3.8, 4) is 0 Å². The maximum Gasteiger partial charge on any atom is 0.163 e. The number of fused-ring (bicyclic) bond motifs is 1. The summed E-state index contributed by atoms with van der Waals surface area (Å²) in [4.78, 5) is 0. The van der Waals surface area contributed by atoms with Crippen LogP contribution in [0.25, 0.3) is 0 Å². The second kappa shape index (κ2) is 5.80. The molecule has 0 aromatic heterocycles. The van der Waals surface area contributed by atoms with Gasteiger partial charge in [0.2, 0.25) is 0 Å². The second-order valence-corrected chi connectivity index (χ2v) is 8.25. The van der Waals surface area contributed by atoms with Crippen LogP contribution in [-0.2, 0) is 14.2 Å². The number of hydrogen-bond donors (Lipinski definition) is 1. The summed E-state index contributed by atoms with van der Waals surface area (Å²) in [5.41, 5.74) is -0.286. The monoisotopic (exact) mass is 300 g/mol. The molecule has 2 rings (SSSR count). The molecule has 124 valence electrons. The first-order valence-corrected chi connectivity index (χ1v) is 8.18. The average molecular weight is 300 g/mol. The van der Waals surface area contributed by atoms with E-state index < -0.39 is 5.79 Å². The summed E-state index contributed by atoms with van der Waals surface area (Å²) >= 11 is 0. The highest BCUT2D eigenvalue weighted by Gasteiger charge is 2.53. The molecule has 0 bridgehead atoms. The smallest absolute Gasteiger partial charge is 0.163 e. The van der Waals surface area contributed by atoms with E-state index in [9.17, 15) is 5.11 Å². The summed E-state index contributed by atoms with van der Waals surface area (Å²) in [7, 11) is 0. The Kier molecular flexibility index (Phi) is 4.75. The highest BCUT2D eigenvalue weighted by molar-refractivity contribution is 5.00. The number of ether oxygens (including phenoxy) is 3. The minimum Gasteiger partial charge on any atom is -0.396 e. The van der Waals surface area contributed by atoms with E-state index in [0.29, 0.717) is 6.61 Å². The molecule has 1 N–H and O–H groups in total. The molecule has 0 spiro atoms. The summed E-state index contributed by atoms with van der Waals surface area (Å²) < 4.78 is 18.4. The third-order valence-electron chi connectivity index (χ3n) is 4.94. The predicted octanol–water partition coefficient (Wildman–Crippen LogP) is 3.12. The van der Waals surface area contributed by atoms with Crippen molar-refractivity contribution in [3.05, 3.63) is 0 Å². The Morgan fingerprint density at radius 2 is 1.86 bits per heavy atom. The van der Waals surface area contributed by atoms with Crippen LogP contribution in [0.2, 0.25) is 0 Å². The zero-order valence-corrected chi connectivity index (χ0v) is 14.4. The summed E-state index contributed by atoms with van der Waals surface area (Å²) in [6, 6.07) is 0. The number of aliphatic hydroxyl groups excluding tert-OH is 1. The minimum atomic E-state index is -0.501. The molecule has 0 radical (unpaired) electrons. The maximum atomic E-state index is 9.56. The standard InChI is InChI=1S/C17H32O4/c1-15(2,3)21-14-8-7-13-12(17(14,6)9-10-18)11-19-16(4,5)20-13/h12-14,18H,7-11H2,1-6H3/t12-,13-,14-,17-/m0/s1. The quantitative estimate of drug-likeness (QED) is 0.870. The molecule has 1 saturated carbocycles. The van der Waals surface area contributed by atoms with E-state index >= 15 is 0 Å². The zero-order chi connectivity index (χ0) is 15.9. The average Bonchev–Trinajstić information content (AvgIpc) is 2.31.